The van der Waals surface area contributed by atoms with Crippen LogP contribution in [0.2, 0.25) is 0 Å². The predicted octanol–water partition coefficient (Wildman–Crippen LogP) is 4.58. The van der Waals surface area contributed by atoms with Gasteiger partial charge in [0.1, 0.15) is 0 Å². The maximum atomic E-state index is 13.6. The summed E-state index contributed by atoms with van der Waals surface area (Å²) < 4.78 is 211. The molecular formula is C42H56F10O17. The van der Waals surface area contributed by atoms with E-state index in [1.54, 1.807) is 0 Å². The maximum Gasteiger partial charge on any atom is 0.313 e. The van der Waals surface area contributed by atoms with E-state index in [0.717, 1.165) is 0 Å². The number of hydrogen-bond acceptors (Lipinski definition) is 17. The number of carbonyl (C=O) groups excluding carboxylic acids is 2. The molecule has 0 radical (unpaired) electrons. The third-order valence-corrected chi connectivity index (χ3v) is 8.14. The van der Waals surface area contributed by atoms with Crippen LogP contribution in [0.15, 0.2) is 0 Å². The summed E-state index contributed by atoms with van der Waals surface area (Å²) in [6, 6.07) is 0. The van der Waals surface area contributed by atoms with Crippen molar-refractivity contribution in [3.8, 4) is 11.5 Å². The molecule has 17 nitrogen and oxygen atoms in total. The zero-order chi connectivity index (χ0) is 50.5. The Kier molecular flexibility index (Phi) is 34.5. The lowest BCUT2D eigenvalue weighted by molar-refractivity contribution is -0.137. The van der Waals surface area contributed by atoms with Gasteiger partial charge in [0.25, 0.3) is 0 Å². The molecule has 0 saturated heterocycles. The molecule has 0 N–H and O–H groups in total. The standard InChI is InChI=1S/C42H56F10O17/c43-31-33(45)37(49)41(38(50)34(31)46)68-29(53)1-3-55-5-7-57-9-11-59-13-15-61-17-19-63-21-23-65-25-27-67-28-26-66-24-22-64-20-18-62-16-14-60-12-10-58-8-6-56-4-2-30(54)69-42-39(51)35(47)32(44)36(48)40(42)52/h1-28H2. The van der Waals surface area contributed by atoms with E-state index >= 15 is 0 Å². The normalized spacial score (nSPS) is 11.5. The molecule has 2 aromatic rings. The van der Waals surface area contributed by atoms with Gasteiger partial charge >= 0.3 is 11.9 Å². The van der Waals surface area contributed by atoms with Crippen molar-refractivity contribution in [1.29, 1.82) is 0 Å². The highest BCUT2D eigenvalue weighted by Crippen LogP contribution is 2.30. The van der Waals surface area contributed by atoms with Crippen LogP contribution in [0.4, 0.5) is 43.9 Å². The summed E-state index contributed by atoms with van der Waals surface area (Å²) in [6.45, 7) is 6.88. The Morgan fingerprint density at radius 2 is 0.348 bits per heavy atom. The van der Waals surface area contributed by atoms with E-state index in [1.165, 1.54) is 0 Å². The number of esters is 2. The third kappa shape index (κ3) is 26.8. The summed E-state index contributed by atoms with van der Waals surface area (Å²) in [5.41, 5.74) is 0. The van der Waals surface area contributed by atoms with Gasteiger partial charge in [-0.1, -0.05) is 0 Å². The van der Waals surface area contributed by atoms with Crippen LogP contribution in [-0.2, 0) is 71.2 Å². The lowest BCUT2D eigenvalue weighted by atomic mass is 10.2. The Morgan fingerprint density at radius 3 is 0.507 bits per heavy atom. The van der Waals surface area contributed by atoms with Gasteiger partial charge in [-0.3, -0.25) is 9.59 Å². The lowest BCUT2D eigenvalue weighted by Gasteiger charge is -2.09. The summed E-state index contributed by atoms with van der Waals surface area (Å²) in [7, 11) is 0. The minimum absolute atomic E-state index is 0.0563. The molecule has 396 valence electrons. The topological polar surface area (TPSA) is 173 Å². The fourth-order valence-corrected chi connectivity index (χ4v) is 4.73. The minimum atomic E-state index is -2.36. The summed E-state index contributed by atoms with van der Waals surface area (Å²) in [5.74, 6) is -28.5. The van der Waals surface area contributed by atoms with Crippen LogP contribution in [0, 0.1) is 58.2 Å². The molecule has 0 heterocycles. The molecule has 0 aliphatic heterocycles. The maximum absolute atomic E-state index is 13.6. The van der Waals surface area contributed by atoms with Gasteiger partial charge in [0.2, 0.25) is 69.7 Å². The van der Waals surface area contributed by atoms with Crippen LogP contribution in [0.3, 0.4) is 0 Å². The first-order valence-corrected chi connectivity index (χ1v) is 21.3. The van der Waals surface area contributed by atoms with Gasteiger partial charge in [-0.25, -0.2) is 26.3 Å². The molecular weight excluding hydrogens is 966 g/mol. The van der Waals surface area contributed by atoms with Gasteiger partial charge in [0.05, 0.1) is 185 Å². The van der Waals surface area contributed by atoms with E-state index in [2.05, 4.69) is 9.47 Å². The van der Waals surface area contributed by atoms with E-state index in [0.29, 0.717) is 106 Å². The Labute approximate surface area is 390 Å². The average molecular weight is 1020 g/mol. The Balaban J connectivity index is 1.19. The molecule has 2 rings (SSSR count). The molecule has 27 heteroatoms. The molecule has 0 aliphatic carbocycles. The molecule has 0 bridgehead atoms. The van der Waals surface area contributed by atoms with Gasteiger partial charge in [0, 0.05) is 0 Å². The van der Waals surface area contributed by atoms with Crippen molar-refractivity contribution < 1.29 is 125 Å². The summed E-state index contributed by atoms with van der Waals surface area (Å²) >= 11 is 0. The largest absolute Gasteiger partial charge is 0.420 e. The monoisotopic (exact) mass is 1020 g/mol. The number of rotatable bonds is 44. The second kappa shape index (κ2) is 38.9. The Bertz CT molecular complexity index is 1560. The average Bonchev–Trinajstić information content (AvgIpc) is 3.34. The third-order valence-electron chi connectivity index (χ3n) is 8.14. The zero-order valence-electron chi connectivity index (χ0n) is 37.5. The van der Waals surface area contributed by atoms with Crippen LogP contribution >= 0.6 is 0 Å². The van der Waals surface area contributed by atoms with Crippen molar-refractivity contribution in [1.82, 2.24) is 0 Å². The van der Waals surface area contributed by atoms with Gasteiger partial charge in [-0.15, -0.1) is 0 Å². The zero-order valence-corrected chi connectivity index (χ0v) is 37.5. The van der Waals surface area contributed by atoms with Gasteiger partial charge < -0.3 is 71.1 Å². The van der Waals surface area contributed by atoms with Crippen LogP contribution < -0.4 is 9.47 Å². The highest BCUT2D eigenvalue weighted by molar-refractivity contribution is 5.73. The highest BCUT2D eigenvalue weighted by Gasteiger charge is 2.30. The van der Waals surface area contributed by atoms with E-state index in [4.69, 9.17) is 61.6 Å². The first kappa shape index (κ1) is 61.3. The second-order valence-corrected chi connectivity index (χ2v) is 13.2. The summed E-state index contributed by atoms with van der Waals surface area (Å²) in [4.78, 5) is 23.3. The van der Waals surface area contributed by atoms with E-state index in [-0.39, 0.29) is 66.1 Å². The van der Waals surface area contributed by atoms with Gasteiger partial charge in [-0.05, 0) is 0 Å². The van der Waals surface area contributed by atoms with Crippen LogP contribution in [0.5, 0.6) is 11.5 Å². The minimum Gasteiger partial charge on any atom is -0.420 e. The Morgan fingerprint density at radius 1 is 0.217 bits per heavy atom. The predicted molar refractivity (Wildman–Crippen MR) is 214 cm³/mol. The van der Waals surface area contributed by atoms with E-state index in [9.17, 15) is 53.5 Å². The van der Waals surface area contributed by atoms with Crippen molar-refractivity contribution in [2.45, 2.75) is 12.8 Å². The number of ether oxygens (including phenoxy) is 15. The molecule has 0 unspecified atom stereocenters. The van der Waals surface area contributed by atoms with Crippen LogP contribution in [0.25, 0.3) is 0 Å². The van der Waals surface area contributed by atoms with Gasteiger partial charge in [-0.2, -0.15) is 17.6 Å². The molecule has 69 heavy (non-hydrogen) atoms. The molecule has 0 saturated carbocycles. The number of halogens is 10. The molecule has 0 atom stereocenters. The van der Waals surface area contributed by atoms with Crippen molar-refractivity contribution in [3.05, 3.63) is 58.2 Å². The Hall–Kier alpha value is -3.84. The summed E-state index contributed by atoms with van der Waals surface area (Å²) in [5, 5.41) is 0. The van der Waals surface area contributed by atoms with Crippen molar-refractivity contribution in [2.24, 2.45) is 0 Å². The summed E-state index contributed by atoms with van der Waals surface area (Å²) in [6.07, 6.45) is -1.02. The molecule has 0 aromatic heterocycles. The number of hydrogen-bond donors (Lipinski definition) is 0. The molecule has 0 amide bonds. The van der Waals surface area contributed by atoms with Gasteiger partial charge in [0.15, 0.2) is 0 Å². The van der Waals surface area contributed by atoms with E-state index < -0.39 is 94.5 Å². The van der Waals surface area contributed by atoms with Crippen LogP contribution in [0.1, 0.15) is 12.8 Å². The number of carbonyl (C=O) groups is 2. The quantitative estimate of drug-likeness (QED) is 0.0225. The van der Waals surface area contributed by atoms with Crippen molar-refractivity contribution in [3.63, 3.8) is 0 Å². The van der Waals surface area contributed by atoms with Crippen molar-refractivity contribution in [2.75, 3.05) is 172 Å². The van der Waals surface area contributed by atoms with E-state index in [1.807, 2.05) is 0 Å². The fourth-order valence-electron chi connectivity index (χ4n) is 4.73. The second-order valence-electron chi connectivity index (χ2n) is 13.2. The van der Waals surface area contributed by atoms with Crippen LogP contribution in [-0.4, -0.2) is 184 Å². The first-order chi connectivity index (χ1) is 33.4. The first-order valence-electron chi connectivity index (χ1n) is 21.3. The molecule has 0 fully saturated rings. The molecule has 0 aliphatic rings. The lowest BCUT2D eigenvalue weighted by Crippen LogP contribution is -2.16. The molecule has 2 aromatic carbocycles. The number of benzene rings is 2. The smallest absolute Gasteiger partial charge is 0.313 e. The molecule has 0 spiro atoms. The fraction of sp³-hybridized carbons (Fsp3) is 0.667. The highest BCUT2D eigenvalue weighted by atomic mass is 19.2. The van der Waals surface area contributed by atoms with Crippen molar-refractivity contribution >= 4 is 11.9 Å². The SMILES string of the molecule is O=C(CCOCCOCCOCCOCCOCCOCCOCCOCCOCCOCCOCCOCCOCCC(=O)Oc1c(F)c(F)c(F)c(F)c1F)Oc1c(F)c(F)c(F)c(F)c1F.